The average Bonchev–Trinajstić information content (AvgIpc) is 3.53. The number of halogens is 1. The number of hydrogen-bond donors (Lipinski definition) is 2. The van der Waals surface area contributed by atoms with Gasteiger partial charge in [0.05, 0.1) is 10.6 Å². The van der Waals surface area contributed by atoms with Crippen molar-refractivity contribution in [2.24, 2.45) is 0 Å². The number of rotatable bonds is 10. The highest BCUT2D eigenvalue weighted by Crippen LogP contribution is 2.26. The molecule has 4 aromatic carbocycles. The minimum Gasteiger partial charge on any atom is -0.457 e. The van der Waals surface area contributed by atoms with Gasteiger partial charge in [0.1, 0.15) is 11.5 Å². The van der Waals surface area contributed by atoms with Crippen molar-refractivity contribution >= 4 is 62.7 Å². The molecule has 1 heterocycles. The van der Waals surface area contributed by atoms with E-state index in [-0.39, 0.29) is 22.7 Å². The van der Waals surface area contributed by atoms with Crippen LogP contribution in [0, 0.1) is 10.1 Å². The zero-order valence-electron chi connectivity index (χ0n) is 23.5. The monoisotopic (exact) mass is 661 g/mol. The Hall–Kier alpha value is -5.87. The lowest BCUT2D eigenvalue weighted by atomic mass is 10.0. The molecule has 222 valence electrons. The number of non-ortho nitro benzene ring substituents is 1. The topological polar surface area (TPSA) is 132 Å². The van der Waals surface area contributed by atoms with Crippen LogP contribution in [0.2, 0.25) is 0 Å². The molecule has 10 heteroatoms. The lowest BCUT2D eigenvalue weighted by Gasteiger charge is -2.12. The number of nitro benzene ring substituents is 1. The standard InChI is InChI=1S/C35H24BrN3O6/c36-26-11-6-23(7-12-26)8-20-34(41)38-31-18-13-27(22-30(31)35(42)25-4-2-1-3-5-25)37-33(40)21-17-29-16-19-32(45-29)24-9-14-28(15-10-24)39(43)44/h1-22H,(H,37,40)(H,38,41)/b20-8+,21-17+. The summed E-state index contributed by atoms with van der Waals surface area (Å²) < 4.78 is 6.67. The first-order valence-corrected chi connectivity index (χ1v) is 14.4. The molecule has 2 N–H and O–H groups in total. The Morgan fingerprint density at radius 1 is 0.756 bits per heavy atom. The fourth-order valence-corrected chi connectivity index (χ4v) is 4.54. The van der Waals surface area contributed by atoms with Gasteiger partial charge in [0.2, 0.25) is 11.8 Å². The van der Waals surface area contributed by atoms with E-state index in [4.69, 9.17) is 4.42 Å². The quantitative estimate of drug-likeness (QED) is 0.0672. The maximum absolute atomic E-state index is 13.4. The summed E-state index contributed by atoms with van der Waals surface area (Å²) in [6.45, 7) is 0. The van der Waals surface area contributed by atoms with E-state index in [0.717, 1.165) is 10.0 Å². The van der Waals surface area contributed by atoms with Crippen LogP contribution in [-0.4, -0.2) is 22.5 Å². The maximum atomic E-state index is 13.4. The number of nitrogens with one attached hydrogen (secondary N) is 2. The van der Waals surface area contributed by atoms with Crippen molar-refractivity contribution in [3.8, 4) is 11.3 Å². The molecule has 0 saturated carbocycles. The first kappa shape index (κ1) is 30.6. The summed E-state index contributed by atoms with van der Waals surface area (Å²) in [5, 5.41) is 16.4. The lowest BCUT2D eigenvalue weighted by Crippen LogP contribution is -2.14. The molecule has 0 spiro atoms. The zero-order chi connectivity index (χ0) is 31.8. The fraction of sp³-hybridized carbons (Fsp3) is 0. The van der Waals surface area contributed by atoms with Crippen molar-refractivity contribution < 1.29 is 23.7 Å². The highest BCUT2D eigenvalue weighted by atomic mass is 79.9. The number of benzene rings is 4. The summed E-state index contributed by atoms with van der Waals surface area (Å²) in [4.78, 5) is 49.3. The fourth-order valence-electron chi connectivity index (χ4n) is 4.27. The molecule has 0 radical (unpaired) electrons. The molecular formula is C35H24BrN3O6. The molecule has 0 bridgehead atoms. The van der Waals surface area contributed by atoms with E-state index in [2.05, 4.69) is 26.6 Å². The minimum absolute atomic E-state index is 0.0281. The van der Waals surface area contributed by atoms with Gasteiger partial charge in [-0.3, -0.25) is 24.5 Å². The van der Waals surface area contributed by atoms with Gasteiger partial charge >= 0.3 is 0 Å². The smallest absolute Gasteiger partial charge is 0.269 e. The zero-order valence-corrected chi connectivity index (χ0v) is 25.1. The molecule has 0 fully saturated rings. The number of carbonyl (C=O) groups excluding carboxylic acids is 3. The van der Waals surface area contributed by atoms with Gasteiger partial charge < -0.3 is 15.1 Å². The Labute approximate surface area is 266 Å². The molecular weight excluding hydrogens is 638 g/mol. The van der Waals surface area contributed by atoms with E-state index in [9.17, 15) is 24.5 Å². The van der Waals surface area contributed by atoms with E-state index in [1.165, 1.54) is 36.4 Å². The predicted molar refractivity (Wildman–Crippen MR) is 177 cm³/mol. The van der Waals surface area contributed by atoms with Gasteiger partial charge in [-0.15, -0.1) is 0 Å². The van der Waals surface area contributed by atoms with Crippen molar-refractivity contribution in [2.75, 3.05) is 10.6 Å². The summed E-state index contributed by atoms with van der Waals surface area (Å²) in [7, 11) is 0. The van der Waals surface area contributed by atoms with Crippen LogP contribution in [0.25, 0.3) is 23.5 Å². The van der Waals surface area contributed by atoms with Gasteiger partial charge in [-0.1, -0.05) is 58.4 Å². The van der Waals surface area contributed by atoms with Crippen molar-refractivity contribution in [3.05, 3.63) is 158 Å². The van der Waals surface area contributed by atoms with Crippen molar-refractivity contribution in [3.63, 3.8) is 0 Å². The van der Waals surface area contributed by atoms with Gasteiger partial charge in [0.15, 0.2) is 5.78 Å². The molecule has 0 saturated heterocycles. The molecule has 0 aliphatic carbocycles. The van der Waals surface area contributed by atoms with Crippen LogP contribution < -0.4 is 10.6 Å². The summed E-state index contributed by atoms with van der Waals surface area (Å²) in [6.07, 6.45) is 5.80. The normalized spacial score (nSPS) is 11.0. The number of carbonyl (C=O) groups is 3. The van der Waals surface area contributed by atoms with Gasteiger partial charge in [-0.25, -0.2) is 0 Å². The van der Waals surface area contributed by atoms with Gasteiger partial charge in [-0.05, 0) is 72.3 Å². The third-order valence-corrected chi connectivity index (χ3v) is 7.04. The molecule has 0 aliphatic rings. The first-order valence-electron chi connectivity index (χ1n) is 13.6. The summed E-state index contributed by atoms with van der Waals surface area (Å²) in [5.74, 6) is -0.350. The Kier molecular flexibility index (Phi) is 9.56. The highest BCUT2D eigenvalue weighted by Gasteiger charge is 2.16. The van der Waals surface area contributed by atoms with E-state index in [0.29, 0.717) is 28.3 Å². The van der Waals surface area contributed by atoms with Crippen LogP contribution >= 0.6 is 15.9 Å². The van der Waals surface area contributed by atoms with Gasteiger partial charge in [-0.2, -0.15) is 0 Å². The second-order valence-electron chi connectivity index (χ2n) is 9.66. The van der Waals surface area contributed by atoms with Crippen LogP contribution in [0.15, 0.2) is 130 Å². The third-order valence-electron chi connectivity index (χ3n) is 6.51. The van der Waals surface area contributed by atoms with E-state index < -0.39 is 16.7 Å². The summed E-state index contributed by atoms with van der Waals surface area (Å²) in [5.41, 5.74) is 2.71. The average molecular weight is 662 g/mol. The Balaban J connectivity index is 1.30. The highest BCUT2D eigenvalue weighted by molar-refractivity contribution is 9.10. The number of ketones is 1. The largest absolute Gasteiger partial charge is 0.457 e. The molecule has 1 aromatic heterocycles. The van der Waals surface area contributed by atoms with E-state index in [1.807, 2.05) is 24.3 Å². The van der Waals surface area contributed by atoms with Crippen LogP contribution in [0.3, 0.4) is 0 Å². The molecule has 0 atom stereocenters. The number of anilines is 2. The van der Waals surface area contributed by atoms with Crippen molar-refractivity contribution in [1.29, 1.82) is 0 Å². The molecule has 5 rings (SSSR count). The van der Waals surface area contributed by atoms with Gasteiger partial charge in [0.25, 0.3) is 5.69 Å². The maximum Gasteiger partial charge on any atom is 0.269 e. The molecule has 0 aliphatic heterocycles. The number of hydrogen-bond acceptors (Lipinski definition) is 6. The van der Waals surface area contributed by atoms with Crippen molar-refractivity contribution in [2.45, 2.75) is 0 Å². The lowest BCUT2D eigenvalue weighted by molar-refractivity contribution is -0.384. The molecule has 0 unspecified atom stereocenters. The molecule has 45 heavy (non-hydrogen) atoms. The summed E-state index contributed by atoms with van der Waals surface area (Å²) >= 11 is 3.38. The minimum atomic E-state index is -0.479. The Bertz CT molecular complexity index is 1930. The molecule has 2 amide bonds. The first-order chi connectivity index (χ1) is 21.7. The Morgan fingerprint density at radius 2 is 1.44 bits per heavy atom. The van der Waals surface area contributed by atoms with Gasteiger partial charge in [0, 0.05) is 51.1 Å². The van der Waals surface area contributed by atoms with Crippen LogP contribution in [-0.2, 0) is 9.59 Å². The Morgan fingerprint density at radius 3 is 2.16 bits per heavy atom. The number of amides is 2. The third kappa shape index (κ3) is 8.15. The van der Waals surface area contributed by atoms with Crippen LogP contribution in [0.1, 0.15) is 27.2 Å². The second kappa shape index (κ2) is 14.1. The van der Waals surface area contributed by atoms with E-state index >= 15 is 0 Å². The molecule has 5 aromatic rings. The number of furan rings is 1. The molecule has 9 nitrogen and oxygen atoms in total. The van der Waals surface area contributed by atoms with Crippen molar-refractivity contribution in [1.82, 2.24) is 0 Å². The van der Waals surface area contributed by atoms with Crippen LogP contribution in [0.4, 0.5) is 17.1 Å². The SMILES string of the molecule is O=C(/C=C/c1ccc(-c2ccc([N+](=O)[O-])cc2)o1)Nc1ccc(NC(=O)/C=C/c2ccc(Br)cc2)c(C(=O)c2ccccc2)c1. The second-order valence-corrected chi connectivity index (χ2v) is 10.6. The number of nitrogens with zero attached hydrogens (tertiary/aromatic N) is 1. The predicted octanol–water partition coefficient (Wildman–Crippen LogP) is 8.15. The number of nitro groups is 1. The summed E-state index contributed by atoms with van der Waals surface area (Å²) in [6, 6.07) is 30.0. The van der Waals surface area contributed by atoms with Crippen LogP contribution in [0.5, 0.6) is 0 Å². The van der Waals surface area contributed by atoms with E-state index in [1.54, 1.807) is 72.8 Å².